The van der Waals surface area contributed by atoms with Crippen molar-refractivity contribution in [3.63, 3.8) is 0 Å². The molecule has 1 saturated heterocycles. The normalized spacial score (nSPS) is 16.2. The molecule has 1 fully saturated rings. The van der Waals surface area contributed by atoms with Crippen molar-refractivity contribution in [1.82, 2.24) is 20.5 Å². The van der Waals surface area contributed by atoms with E-state index in [1.807, 2.05) is 24.3 Å². The van der Waals surface area contributed by atoms with Crippen LogP contribution in [0.2, 0.25) is 0 Å². The number of amides is 2. The molecule has 0 bridgehead atoms. The predicted molar refractivity (Wildman–Crippen MR) is 86.7 cm³/mol. The van der Waals surface area contributed by atoms with E-state index < -0.39 is 0 Å². The number of urea groups is 1. The van der Waals surface area contributed by atoms with E-state index in [9.17, 15) is 4.79 Å². The Kier molecular flexibility index (Phi) is 5.26. The van der Waals surface area contributed by atoms with E-state index in [0.29, 0.717) is 13.1 Å². The summed E-state index contributed by atoms with van der Waals surface area (Å²) in [5.41, 5.74) is 0.977. The fraction of sp³-hybridized carbons (Fsp3) is 0.412. The Bertz CT molecular complexity index is 594. The fourth-order valence-electron chi connectivity index (χ4n) is 2.88. The van der Waals surface area contributed by atoms with Crippen molar-refractivity contribution in [2.24, 2.45) is 0 Å². The summed E-state index contributed by atoms with van der Waals surface area (Å²) in [7, 11) is 0. The molecule has 0 radical (unpaired) electrons. The summed E-state index contributed by atoms with van der Waals surface area (Å²) < 4.78 is 5.55. The summed E-state index contributed by atoms with van der Waals surface area (Å²) in [5, 5.41) is 5.80. The van der Waals surface area contributed by atoms with Crippen molar-refractivity contribution in [3.8, 4) is 0 Å². The van der Waals surface area contributed by atoms with Gasteiger partial charge in [-0.25, -0.2) is 4.79 Å². The van der Waals surface area contributed by atoms with Crippen molar-refractivity contribution in [1.29, 1.82) is 0 Å². The third-order valence-electron chi connectivity index (χ3n) is 4.08. The molecule has 0 unspecified atom stereocenters. The van der Waals surface area contributed by atoms with Crippen LogP contribution in [0, 0.1) is 0 Å². The van der Waals surface area contributed by atoms with Gasteiger partial charge in [0, 0.05) is 25.5 Å². The molecule has 2 aromatic heterocycles. The maximum Gasteiger partial charge on any atom is 0.315 e. The summed E-state index contributed by atoms with van der Waals surface area (Å²) in [6.07, 6.45) is 7.54. The summed E-state index contributed by atoms with van der Waals surface area (Å²) in [6, 6.07) is 7.57. The minimum absolute atomic E-state index is 0.0941. The second-order valence-corrected chi connectivity index (χ2v) is 5.70. The van der Waals surface area contributed by atoms with E-state index in [2.05, 4.69) is 20.5 Å². The highest BCUT2D eigenvalue weighted by Gasteiger charge is 2.25. The molecule has 3 rings (SSSR count). The first kappa shape index (κ1) is 15.6. The lowest BCUT2D eigenvalue weighted by Gasteiger charge is -2.26. The number of furan rings is 1. The van der Waals surface area contributed by atoms with E-state index in [0.717, 1.165) is 24.4 Å². The maximum absolute atomic E-state index is 12.0. The average Bonchev–Trinajstić information content (AvgIpc) is 3.28. The molecule has 2 N–H and O–H groups in total. The molecule has 6 nitrogen and oxygen atoms in total. The van der Waals surface area contributed by atoms with E-state index in [-0.39, 0.29) is 12.1 Å². The maximum atomic E-state index is 12.0. The van der Waals surface area contributed by atoms with Crippen LogP contribution in [-0.2, 0) is 6.54 Å². The number of rotatable bonds is 6. The number of likely N-dealkylation sites (tertiary alicyclic amines) is 1. The summed E-state index contributed by atoms with van der Waals surface area (Å²) in [4.78, 5) is 18.4. The number of nitrogens with one attached hydrogen (secondary N) is 2. The van der Waals surface area contributed by atoms with Gasteiger partial charge in [-0.15, -0.1) is 0 Å². The van der Waals surface area contributed by atoms with E-state index in [1.54, 1.807) is 18.7 Å². The van der Waals surface area contributed by atoms with Gasteiger partial charge in [-0.1, -0.05) is 6.07 Å². The van der Waals surface area contributed by atoms with Gasteiger partial charge in [-0.05, 0) is 49.7 Å². The lowest BCUT2D eigenvalue weighted by molar-refractivity contribution is 0.203. The lowest BCUT2D eigenvalue weighted by Crippen LogP contribution is -2.41. The van der Waals surface area contributed by atoms with Gasteiger partial charge in [0.1, 0.15) is 5.76 Å². The molecule has 0 aromatic carbocycles. The number of aromatic nitrogens is 1. The van der Waals surface area contributed by atoms with Gasteiger partial charge in [0.15, 0.2) is 0 Å². The first-order valence-electron chi connectivity index (χ1n) is 8.01. The third-order valence-corrected chi connectivity index (χ3v) is 4.08. The summed E-state index contributed by atoms with van der Waals surface area (Å²) in [6.45, 7) is 3.09. The van der Waals surface area contributed by atoms with E-state index in [1.165, 1.54) is 12.8 Å². The molecule has 122 valence electrons. The van der Waals surface area contributed by atoms with Crippen LogP contribution in [0.1, 0.15) is 30.2 Å². The molecule has 0 aliphatic carbocycles. The highest BCUT2D eigenvalue weighted by atomic mass is 16.3. The number of carbonyl (C=O) groups is 1. The zero-order valence-electron chi connectivity index (χ0n) is 13.1. The van der Waals surface area contributed by atoms with Crippen LogP contribution < -0.4 is 10.6 Å². The Labute approximate surface area is 135 Å². The lowest BCUT2D eigenvalue weighted by atomic mass is 10.2. The molecular formula is C17H22N4O2. The molecule has 0 spiro atoms. The topological polar surface area (TPSA) is 70.4 Å². The predicted octanol–water partition coefficient (Wildman–Crippen LogP) is 2.31. The molecular weight excluding hydrogens is 292 g/mol. The minimum Gasteiger partial charge on any atom is -0.468 e. The van der Waals surface area contributed by atoms with E-state index in [4.69, 9.17) is 4.42 Å². The Hall–Kier alpha value is -2.34. The third kappa shape index (κ3) is 4.32. The van der Waals surface area contributed by atoms with Crippen molar-refractivity contribution in [2.75, 3.05) is 19.6 Å². The smallest absolute Gasteiger partial charge is 0.315 e. The van der Waals surface area contributed by atoms with Gasteiger partial charge in [0.2, 0.25) is 0 Å². The minimum atomic E-state index is -0.176. The molecule has 1 aliphatic rings. The summed E-state index contributed by atoms with van der Waals surface area (Å²) in [5.74, 6) is 0.902. The number of carbonyl (C=O) groups excluding carboxylic acids is 1. The number of hydrogen-bond acceptors (Lipinski definition) is 4. The van der Waals surface area contributed by atoms with Crippen LogP contribution in [0.3, 0.4) is 0 Å². The van der Waals surface area contributed by atoms with Crippen LogP contribution in [0.25, 0.3) is 0 Å². The molecule has 1 atom stereocenters. The van der Waals surface area contributed by atoms with Gasteiger partial charge in [0.05, 0.1) is 12.3 Å². The molecule has 0 saturated carbocycles. The molecule has 6 heteroatoms. The monoisotopic (exact) mass is 314 g/mol. The number of hydrogen-bond donors (Lipinski definition) is 2. The Morgan fingerprint density at radius 2 is 2.13 bits per heavy atom. The van der Waals surface area contributed by atoms with E-state index >= 15 is 0 Å². The molecule has 1 aliphatic heterocycles. The first-order chi connectivity index (χ1) is 11.3. The van der Waals surface area contributed by atoms with Gasteiger partial charge in [0.25, 0.3) is 0 Å². The zero-order valence-corrected chi connectivity index (χ0v) is 13.1. The Morgan fingerprint density at radius 3 is 2.83 bits per heavy atom. The van der Waals surface area contributed by atoms with Gasteiger partial charge in [-0.3, -0.25) is 9.88 Å². The second kappa shape index (κ2) is 7.78. The molecule has 23 heavy (non-hydrogen) atoms. The summed E-state index contributed by atoms with van der Waals surface area (Å²) >= 11 is 0. The second-order valence-electron chi connectivity index (χ2n) is 5.70. The molecule has 3 heterocycles. The standard InChI is InChI=1S/C17H22N4O2/c22-17(19-12-14-5-3-7-18-11-14)20-13-15(16-6-4-10-23-16)21-8-1-2-9-21/h3-7,10-11,15H,1-2,8-9,12-13H2,(H2,19,20,22)/t15-/m0/s1. The Balaban J connectivity index is 1.51. The molecule has 2 aromatic rings. The van der Waals surface area contributed by atoms with Crippen LogP contribution >= 0.6 is 0 Å². The number of pyridine rings is 1. The zero-order chi connectivity index (χ0) is 15.9. The first-order valence-corrected chi connectivity index (χ1v) is 8.01. The fourth-order valence-corrected chi connectivity index (χ4v) is 2.88. The van der Waals surface area contributed by atoms with Crippen molar-refractivity contribution in [3.05, 3.63) is 54.2 Å². The Morgan fingerprint density at radius 1 is 1.26 bits per heavy atom. The van der Waals surface area contributed by atoms with Crippen molar-refractivity contribution in [2.45, 2.75) is 25.4 Å². The SMILES string of the molecule is O=C(NCc1cccnc1)NC[C@@H](c1ccco1)N1CCCC1. The van der Waals surface area contributed by atoms with Gasteiger partial charge < -0.3 is 15.1 Å². The largest absolute Gasteiger partial charge is 0.468 e. The van der Waals surface area contributed by atoms with Crippen LogP contribution in [-0.4, -0.2) is 35.5 Å². The van der Waals surface area contributed by atoms with Crippen LogP contribution in [0.15, 0.2) is 47.3 Å². The van der Waals surface area contributed by atoms with Crippen molar-refractivity contribution < 1.29 is 9.21 Å². The highest BCUT2D eigenvalue weighted by Crippen LogP contribution is 2.24. The van der Waals surface area contributed by atoms with Gasteiger partial charge >= 0.3 is 6.03 Å². The van der Waals surface area contributed by atoms with Crippen molar-refractivity contribution >= 4 is 6.03 Å². The molecule has 2 amide bonds. The highest BCUT2D eigenvalue weighted by molar-refractivity contribution is 5.73. The van der Waals surface area contributed by atoms with Crippen LogP contribution in [0.5, 0.6) is 0 Å². The van der Waals surface area contributed by atoms with Gasteiger partial charge in [-0.2, -0.15) is 0 Å². The van der Waals surface area contributed by atoms with Crippen LogP contribution in [0.4, 0.5) is 4.79 Å². The average molecular weight is 314 g/mol. The quantitative estimate of drug-likeness (QED) is 0.858. The number of nitrogens with zero attached hydrogens (tertiary/aromatic N) is 2.